The zero-order chi connectivity index (χ0) is 9.42. The number of hydrogen-bond donors (Lipinski definition) is 0. The third-order valence-corrected chi connectivity index (χ3v) is 2.07. The number of nitriles is 1. The summed E-state index contributed by atoms with van der Waals surface area (Å²) in [6, 6.07) is 2.01. The van der Waals surface area contributed by atoms with Crippen LogP contribution in [0, 0.1) is 25.2 Å². The zero-order valence-electron chi connectivity index (χ0n) is 7.33. The minimum atomic E-state index is 0.374. The lowest BCUT2D eigenvalue weighted by Gasteiger charge is -1.89. The molecular weight excluding hydrogens is 166 g/mol. The van der Waals surface area contributed by atoms with Gasteiger partial charge in [0.15, 0.2) is 5.69 Å². The quantitative estimate of drug-likeness (QED) is 0.608. The predicted octanol–water partition coefficient (Wildman–Crippen LogP) is 1.71. The lowest BCUT2D eigenvalue weighted by atomic mass is 10.2. The molecule has 4 nitrogen and oxygen atoms in total. The van der Waals surface area contributed by atoms with Gasteiger partial charge in [-0.25, -0.2) is 9.97 Å². The average molecular weight is 173 g/mol. The Kier molecular flexibility index (Phi) is 1.52. The van der Waals surface area contributed by atoms with E-state index < -0.39 is 0 Å². The van der Waals surface area contributed by atoms with Gasteiger partial charge in [-0.2, -0.15) is 5.26 Å². The zero-order valence-corrected chi connectivity index (χ0v) is 7.33. The van der Waals surface area contributed by atoms with E-state index in [4.69, 9.17) is 9.68 Å². The van der Waals surface area contributed by atoms with E-state index in [-0.39, 0.29) is 0 Å². The molecule has 0 amide bonds. The van der Waals surface area contributed by atoms with Gasteiger partial charge in [0.05, 0.1) is 5.39 Å². The van der Waals surface area contributed by atoms with E-state index in [1.165, 1.54) is 6.33 Å². The van der Waals surface area contributed by atoms with Gasteiger partial charge in [0.2, 0.25) is 5.71 Å². The van der Waals surface area contributed by atoms with Crippen LogP contribution in [0.15, 0.2) is 10.7 Å². The van der Waals surface area contributed by atoms with Gasteiger partial charge in [-0.1, -0.05) is 0 Å². The first-order valence-corrected chi connectivity index (χ1v) is 3.85. The number of nitrogens with zero attached hydrogens (tertiary/aromatic N) is 3. The molecule has 0 aromatic carbocycles. The molecule has 2 heterocycles. The van der Waals surface area contributed by atoms with Crippen molar-refractivity contribution in [1.82, 2.24) is 9.97 Å². The lowest BCUT2D eigenvalue weighted by molar-refractivity contribution is 0.563. The summed E-state index contributed by atoms with van der Waals surface area (Å²) in [5.74, 6) is 0.784. The number of aromatic nitrogens is 2. The first kappa shape index (κ1) is 7.74. The maximum Gasteiger partial charge on any atom is 0.230 e. The average Bonchev–Trinajstić information content (AvgIpc) is 2.43. The molecule has 0 aliphatic carbocycles. The van der Waals surface area contributed by atoms with Gasteiger partial charge in [-0.3, -0.25) is 0 Å². The highest BCUT2D eigenvalue weighted by atomic mass is 16.3. The van der Waals surface area contributed by atoms with Crippen LogP contribution in [0.4, 0.5) is 0 Å². The van der Waals surface area contributed by atoms with Crippen LogP contribution < -0.4 is 0 Å². The van der Waals surface area contributed by atoms with E-state index in [0.29, 0.717) is 11.4 Å². The number of aryl methyl sites for hydroxylation is 2. The summed E-state index contributed by atoms with van der Waals surface area (Å²) in [7, 11) is 0. The fraction of sp³-hybridized carbons (Fsp3) is 0.222. The van der Waals surface area contributed by atoms with Crippen LogP contribution in [-0.2, 0) is 0 Å². The molecule has 0 N–H and O–H groups in total. The SMILES string of the molecule is Cc1oc2ncnc(C#N)c2c1C. The Morgan fingerprint density at radius 3 is 2.85 bits per heavy atom. The maximum atomic E-state index is 8.79. The van der Waals surface area contributed by atoms with Crippen molar-refractivity contribution in [2.45, 2.75) is 13.8 Å². The molecular formula is C9H7N3O. The van der Waals surface area contributed by atoms with Crippen LogP contribution in [0.1, 0.15) is 17.0 Å². The smallest absolute Gasteiger partial charge is 0.230 e. The molecule has 0 spiro atoms. The molecule has 2 aromatic heterocycles. The van der Waals surface area contributed by atoms with Crippen LogP contribution in [0.25, 0.3) is 11.1 Å². The number of hydrogen-bond acceptors (Lipinski definition) is 4. The molecule has 13 heavy (non-hydrogen) atoms. The Hall–Kier alpha value is -1.89. The fourth-order valence-electron chi connectivity index (χ4n) is 1.27. The second-order valence-electron chi connectivity index (χ2n) is 2.80. The number of rotatable bonds is 0. The monoisotopic (exact) mass is 173 g/mol. The van der Waals surface area contributed by atoms with Crippen molar-refractivity contribution >= 4 is 11.1 Å². The topological polar surface area (TPSA) is 62.7 Å². The Balaban J connectivity index is 2.97. The summed E-state index contributed by atoms with van der Waals surface area (Å²) < 4.78 is 5.34. The molecule has 0 saturated carbocycles. The highest BCUT2D eigenvalue weighted by molar-refractivity contribution is 5.83. The highest BCUT2D eigenvalue weighted by Crippen LogP contribution is 2.24. The minimum absolute atomic E-state index is 0.374. The van der Waals surface area contributed by atoms with Crippen LogP contribution in [0.5, 0.6) is 0 Å². The summed E-state index contributed by atoms with van der Waals surface area (Å²) in [5.41, 5.74) is 1.80. The van der Waals surface area contributed by atoms with Gasteiger partial charge in [0.1, 0.15) is 18.2 Å². The van der Waals surface area contributed by atoms with Crippen LogP contribution in [0.2, 0.25) is 0 Å². The van der Waals surface area contributed by atoms with Crippen LogP contribution in [-0.4, -0.2) is 9.97 Å². The number of fused-ring (bicyclic) bond motifs is 1. The van der Waals surface area contributed by atoms with E-state index in [1.54, 1.807) is 0 Å². The van der Waals surface area contributed by atoms with E-state index in [0.717, 1.165) is 16.7 Å². The predicted molar refractivity (Wildman–Crippen MR) is 46.0 cm³/mol. The van der Waals surface area contributed by atoms with E-state index in [9.17, 15) is 0 Å². The second-order valence-corrected chi connectivity index (χ2v) is 2.80. The summed E-state index contributed by atoms with van der Waals surface area (Å²) in [4.78, 5) is 7.81. The summed E-state index contributed by atoms with van der Waals surface area (Å²) in [6.07, 6.45) is 1.34. The number of furan rings is 1. The minimum Gasteiger partial charge on any atom is -0.443 e. The summed E-state index contributed by atoms with van der Waals surface area (Å²) in [5, 5.41) is 9.51. The first-order valence-electron chi connectivity index (χ1n) is 3.85. The van der Waals surface area contributed by atoms with Crippen molar-refractivity contribution in [3.63, 3.8) is 0 Å². The van der Waals surface area contributed by atoms with Gasteiger partial charge < -0.3 is 4.42 Å². The molecule has 0 unspecified atom stereocenters. The van der Waals surface area contributed by atoms with Crippen molar-refractivity contribution in [3.8, 4) is 6.07 Å². The van der Waals surface area contributed by atoms with Crippen LogP contribution in [0.3, 0.4) is 0 Å². The van der Waals surface area contributed by atoms with Gasteiger partial charge in [-0.15, -0.1) is 0 Å². The van der Waals surface area contributed by atoms with Gasteiger partial charge in [0.25, 0.3) is 0 Å². The van der Waals surface area contributed by atoms with E-state index in [2.05, 4.69) is 9.97 Å². The van der Waals surface area contributed by atoms with Crippen molar-refractivity contribution in [3.05, 3.63) is 23.3 Å². The molecule has 4 heteroatoms. The Morgan fingerprint density at radius 1 is 1.38 bits per heavy atom. The summed E-state index contributed by atoms with van der Waals surface area (Å²) >= 11 is 0. The van der Waals surface area contributed by atoms with Crippen molar-refractivity contribution < 1.29 is 4.42 Å². The maximum absolute atomic E-state index is 8.79. The molecule has 0 fully saturated rings. The third-order valence-electron chi connectivity index (χ3n) is 2.07. The van der Waals surface area contributed by atoms with E-state index in [1.807, 2.05) is 19.9 Å². The fourth-order valence-corrected chi connectivity index (χ4v) is 1.27. The lowest BCUT2D eigenvalue weighted by Crippen LogP contribution is -1.86. The molecule has 0 aliphatic heterocycles. The first-order chi connectivity index (χ1) is 6.24. The van der Waals surface area contributed by atoms with E-state index >= 15 is 0 Å². The molecule has 0 saturated heterocycles. The Morgan fingerprint density at radius 2 is 2.15 bits per heavy atom. The Labute approximate surface area is 74.8 Å². The normalized spacial score (nSPS) is 10.2. The molecule has 0 bridgehead atoms. The molecule has 0 radical (unpaired) electrons. The molecule has 0 aliphatic rings. The van der Waals surface area contributed by atoms with Gasteiger partial charge in [-0.05, 0) is 13.8 Å². The molecule has 0 atom stereocenters. The molecule has 2 aromatic rings. The third kappa shape index (κ3) is 0.975. The van der Waals surface area contributed by atoms with Gasteiger partial charge >= 0.3 is 0 Å². The van der Waals surface area contributed by atoms with Crippen molar-refractivity contribution in [2.75, 3.05) is 0 Å². The second kappa shape index (κ2) is 2.56. The molecule has 2 rings (SSSR count). The largest absolute Gasteiger partial charge is 0.443 e. The van der Waals surface area contributed by atoms with Crippen molar-refractivity contribution in [1.29, 1.82) is 5.26 Å². The Bertz CT molecular complexity index is 507. The van der Waals surface area contributed by atoms with Gasteiger partial charge in [0, 0.05) is 5.56 Å². The summed E-state index contributed by atoms with van der Waals surface area (Å²) in [6.45, 7) is 3.74. The standard InChI is InChI=1S/C9H7N3O/c1-5-6(2)13-9-8(5)7(3-10)11-4-12-9/h4H,1-2H3. The van der Waals surface area contributed by atoms with Crippen LogP contribution >= 0.6 is 0 Å². The van der Waals surface area contributed by atoms with Crippen molar-refractivity contribution in [2.24, 2.45) is 0 Å². The molecule has 64 valence electrons. The highest BCUT2D eigenvalue weighted by Gasteiger charge is 2.12.